The van der Waals surface area contributed by atoms with E-state index < -0.39 is 21.1 Å². The van der Waals surface area contributed by atoms with Gasteiger partial charge in [0.2, 0.25) is 0 Å². The van der Waals surface area contributed by atoms with Crippen LogP contribution in [0.25, 0.3) is 0 Å². The zero-order valence-corrected chi connectivity index (χ0v) is 16.3. The predicted molar refractivity (Wildman–Crippen MR) is 98.2 cm³/mol. The molecular formula is C22H20O2Zr. The summed E-state index contributed by atoms with van der Waals surface area (Å²) in [5.41, 5.74) is 0. The molecule has 0 fully saturated rings. The molecule has 0 aliphatic heterocycles. The molecule has 25 heavy (non-hydrogen) atoms. The molecule has 0 saturated carbocycles. The van der Waals surface area contributed by atoms with Crippen molar-refractivity contribution >= 4 is 0 Å². The summed E-state index contributed by atoms with van der Waals surface area (Å²) in [6, 6.07) is 20.1. The van der Waals surface area contributed by atoms with Gasteiger partial charge < -0.3 is 0 Å². The quantitative estimate of drug-likeness (QED) is 0.588. The summed E-state index contributed by atoms with van der Waals surface area (Å²) in [5, 5.41) is 0. The van der Waals surface area contributed by atoms with Gasteiger partial charge in [-0.3, -0.25) is 0 Å². The van der Waals surface area contributed by atoms with E-state index in [4.69, 9.17) is 5.63 Å². The Morgan fingerprint density at radius 3 is 1.24 bits per heavy atom. The summed E-state index contributed by atoms with van der Waals surface area (Å²) in [6.45, 7) is 0. The summed E-state index contributed by atoms with van der Waals surface area (Å²) in [7, 11) is 0. The molecule has 0 amide bonds. The van der Waals surface area contributed by atoms with Crippen LogP contribution in [0.15, 0.2) is 109 Å². The first-order valence-corrected chi connectivity index (χ1v) is 13.4. The molecule has 0 bridgehead atoms. The monoisotopic (exact) mass is 406 g/mol. The fourth-order valence-electron chi connectivity index (χ4n) is 3.26. The molecule has 0 unspecified atom stereocenters. The van der Waals surface area contributed by atoms with Crippen molar-refractivity contribution < 1.29 is 26.8 Å². The zero-order chi connectivity index (χ0) is 17.0. The molecule has 2 nitrogen and oxygen atoms in total. The van der Waals surface area contributed by atoms with E-state index in [0.717, 1.165) is 11.5 Å². The summed E-state index contributed by atoms with van der Waals surface area (Å²) in [6.07, 6.45) is 17.3. The number of benzene rings is 2. The van der Waals surface area contributed by atoms with E-state index in [0.29, 0.717) is 0 Å². The van der Waals surface area contributed by atoms with Gasteiger partial charge in [-0.25, -0.2) is 0 Å². The first-order valence-electron chi connectivity index (χ1n) is 8.55. The summed E-state index contributed by atoms with van der Waals surface area (Å²) in [5.74, 6) is 1.77. The Labute approximate surface area is 154 Å². The van der Waals surface area contributed by atoms with Gasteiger partial charge in [-0.1, -0.05) is 0 Å². The molecule has 0 N–H and O–H groups in total. The van der Waals surface area contributed by atoms with Crippen molar-refractivity contribution in [2.45, 2.75) is 7.25 Å². The molecule has 2 aliphatic rings. The van der Waals surface area contributed by atoms with Gasteiger partial charge in [-0.05, 0) is 0 Å². The molecule has 0 atom stereocenters. The van der Waals surface area contributed by atoms with Crippen LogP contribution in [0.5, 0.6) is 11.5 Å². The average Bonchev–Trinajstić information content (AvgIpc) is 3.37. The zero-order valence-electron chi connectivity index (χ0n) is 13.9. The fraction of sp³-hybridized carbons (Fsp3) is 0.0909. The molecule has 2 aromatic rings. The van der Waals surface area contributed by atoms with E-state index in [1.165, 1.54) is 0 Å². The van der Waals surface area contributed by atoms with Crippen LogP contribution >= 0.6 is 0 Å². The second-order valence-corrected chi connectivity index (χ2v) is 14.0. The van der Waals surface area contributed by atoms with Crippen molar-refractivity contribution in [1.82, 2.24) is 0 Å². The van der Waals surface area contributed by atoms with Crippen molar-refractivity contribution in [2.75, 3.05) is 0 Å². The van der Waals surface area contributed by atoms with Gasteiger partial charge in [0.15, 0.2) is 0 Å². The van der Waals surface area contributed by atoms with Gasteiger partial charge in [-0.2, -0.15) is 0 Å². The third-order valence-electron chi connectivity index (χ3n) is 4.47. The maximum absolute atomic E-state index is 6.76. The molecule has 2 aromatic carbocycles. The van der Waals surface area contributed by atoms with Crippen molar-refractivity contribution in [1.29, 1.82) is 0 Å². The Morgan fingerprint density at radius 2 is 0.880 bits per heavy atom. The van der Waals surface area contributed by atoms with Gasteiger partial charge in [0.05, 0.1) is 0 Å². The SMILES string of the molecule is C1=C[CH]([Zr]([O]c2ccccc2)([O]c2ccccc2)[CH]2C=CC=C2)C=C1. The third-order valence-corrected chi connectivity index (χ3v) is 13.7. The summed E-state index contributed by atoms with van der Waals surface area (Å²) in [4.78, 5) is 0. The van der Waals surface area contributed by atoms with Gasteiger partial charge >= 0.3 is 155 Å². The Morgan fingerprint density at radius 1 is 0.520 bits per heavy atom. The van der Waals surface area contributed by atoms with Crippen LogP contribution in [-0.4, -0.2) is 0 Å². The molecule has 2 aliphatic carbocycles. The second kappa shape index (κ2) is 7.41. The third kappa shape index (κ3) is 3.48. The van der Waals surface area contributed by atoms with Gasteiger partial charge in [0.1, 0.15) is 0 Å². The van der Waals surface area contributed by atoms with E-state index in [2.05, 4.69) is 48.6 Å². The van der Waals surface area contributed by atoms with Crippen LogP contribution in [-0.2, 0) is 21.1 Å². The van der Waals surface area contributed by atoms with Crippen LogP contribution in [0, 0.1) is 0 Å². The van der Waals surface area contributed by atoms with E-state index in [1.54, 1.807) is 0 Å². The van der Waals surface area contributed by atoms with Gasteiger partial charge in [-0.15, -0.1) is 0 Å². The van der Waals surface area contributed by atoms with Crippen LogP contribution < -0.4 is 5.63 Å². The molecule has 0 spiro atoms. The Kier molecular flexibility index (Phi) is 4.85. The molecule has 4 rings (SSSR count). The Hall–Kier alpha value is -2.12. The standard InChI is InChI=1S/2C6H6O.2C5H5.Zr/c2*7-6-4-2-1-3-5-6;2*1-2-4-5-3-1;/h2*1-5,7H;2*1-5H;/q;;;;+2/p-2. The van der Waals surface area contributed by atoms with Crippen molar-refractivity contribution in [3.05, 3.63) is 109 Å². The summed E-state index contributed by atoms with van der Waals surface area (Å²) < 4.78 is 13.9. The molecule has 0 radical (unpaired) electrons. The van der Waals surface area contributed by atoms with E-state index in [1.807, 2.05) is 60.7 Å². The molecule has 0 aromatic heterocycles. The maximum atomic E-state index is 6.76. The average molecular weight is 408 g/mol. The van der Waals surface area contributed by atoms with Crippen LogP contribution in [0.3, 0.4) is 0 Å². The van der Waals surface area contributed by atoms with Crippen molar-refractivity contribution in [3.63, 3.8) is 0 Å². The van der Waals surface area contributed by atoms with Crippen LogP contribution in [0.2, 0.25) is 7.25 Å². The normalized spacial score (nSPS) is 16.6. The minimum atomic E-state index is -3.72. The fourth-order valence-corrected chi connectivity index (χ4v) is 12.0. The number of hydrogen-bond donors (Lipinski definition) is 0. The molecule has 3 heteroatoms. The van der Waals surface area contributed by atoms with Crippen molar-refractivity contribution in [3.8, 4) is 11.5 Å². The molecule has 0 heterocycles. The van der Waals surface area contributed by atoms with Gasteiger partial charge in [0.25, 0.3) is 0 Å². The number of allylic oxidation sites excluding steroid dienone is 8. The van der Waals surface area contributed by atoms with Gasteiger partial charge in [0, 0.05) is 0 Å². The van der Waals surface area contributed by atoms with E-state index >= 15 is 0 Å². The topological polar surface area (TPSA) is 18.5 Å². The Bertz CT molecular complexity index is 726. The van der Waals surface area contributed by atoms with Crippen LogP contribution in [0.4, 0.5) is 0 Å². The van der Waals surface area contributed by atoms with Crippen LogP contribution in [0.1, 0.15) is 0 Å². The number of rotatable bonds is 6. The predicted octanol–water partition coefficient (Wildman–Crippen LogP) is 5.96. The second-order valence-electron chi connectivity index (χ2n) is 6.14. The summed E-state index contributed by atoms with van der Waals surface area (Å²) >= 11 is -3.72. The van der Waals surface area contributed by atoms with Crippen molar-refractivity contribution in [2.24, 2.45) is 0 Å². The minimum absolute atomic E-state index is 0.215. The molecular weight excluding hydrogens is 387 g/mol. The number of hydrogen-bond acceptors (Lipinski definition) is 2. The van der Waals surface area contributed by atoms with E-state index in [9.17, 15) is 0 Å². The molecule has 0 saturated heterocycles. The number of para-hydroxylation sites is 2. The van der Waals surface area contributed by atoms with E-state index in [-0.39, 0.29) is 7.25 Å². The first-order chi connectivity index (χ1) is 12.4. The molecule has 124 valence electrons. The first kappa shape index (κ1) is 16.4. The Balaban J connectivity index is 1.78.